The highest BCUT2D eigenvalue weighted by atomic mass is 32.1. The molecule has 0 unspecified atom stereocenters. The molecule has 4 nitrogen and oxygen atoms in total. The fourth-order valence-electron chi connectivity index (χ4n) is 4.31. The van der Waals surface area contributed by atoms with Crippen molar-refractivity contribution >= 4 is 35.3 Å². The number of benzene rings is 1. The number of hydrogen-bond donors (Lipinski definition) is 0. The Morgan fingerprint density at radius 1 is 0.875 bits per heavy atom. The van der Waals surface area contributed by atoms with E-state index in [9.17, 15) is 22.8 Å². The SMILES string of the molecule is O=C(C=Cc1ccsc1)N1CCC2(CC1)CCN(C(=O)C=Cc1ccc(F)c(F)c1F)C2. The van der Waals surface area contributed by atoms with Crippen LogP contribution in [0.2, 0.25) is 0 Å². The summed E-state index contributed by atoms with van der Waals surface area (Å²) in [6.07, 6.45) is 8.27. The Morgan fingerprint density at radius 2 is 1.53 bits per heavy atom. The van der Waals surface area contributed by atoms with Gasteiger partial charge in [0.1, 0.15) is 0 Å². The second-order valence-corrected chi connectivity index (χ2v) is 9.10. The molecule has 2 saturated heterocycles. The summed E-state index contributed by atoms with van der Waals surface area (Å²) in [5.74, 6) is -4.42. The van der Waals surface area contributed by atoms with Gasteiger partial charge in [-0.25, -0.2) is 13.2 Å². The van der Waals surface area contributed by atoms with E-state index in [0.29, 0.717) is 26.2 Å². The number of rotatable bonds is 4. The summed E-state index contributed by atoms with van der Waals surface area (Å²) < 4.78 is 40.2. The Morgan fingerprint density at radius 3 is 2.22 bits per heavy atom. The number of amides is 2. The van der Waals surface area contributed by atoms with Crippen LogP contribution < -0.4 is 0 Å². The van der Waals surface area contributed by atoms with Gasteiger partial charge >= 0.3 is 0 Å². The topological polar surface area (TPSA) is 40.6 Å². The molecule has 4 rings (SSSR count). The van der Waals surface area contributed by atoms with Crippen molar-refractivity contribution in [2.45, 2.75) is 19.3 Å². The van der Waals surface area contributed by atoms with Gasteiger partial charge in [-0.05, 0) is 71.4 Å². The van der Waals surface area contributed by atoms with Gasteiger partial charge in [0.15, 0.2) is 17.5 Å². The minimum atomic E-state index is -1.55. The highest BCUT2D eigenvalue weighted by Gasteiger charge is 2.42. The van der Waals surface area contributed by atoms with Crippen molar-refractivity contribution in [3.05, 3.63) is 69.7 Å². The van der Waals surface area contributed by atoms with Crippen LogP contribution in [0.3, 0.4) is 0 Å². The fourth-order valence-corrected chi connectivity index (χ4v) is 4.94. The predicted molar refractivity (Wildman–Crippen MR) is 118 cm³/mol. The van der Waals surface area contributed by atoms with Gasteiger partial charge in [-0.3, -0.25) is 9.59 Å². The van der Waals surface area contributed by atoms with Gasteiger partial charge in [-0.2, -0.15) is 11.3 Å². The summed E-state index contributed by atoms with van der Waals surface area (Å²) in [5.41, 5.74) is 0.816. The Balaban J connectivity index is 1.31. The van der Waals surface area contributed by atoms with Gasteiger partial charge in [-0.15, -0.1) is 0 Å². The summed E-state index contributed by atoms with van der Waals surface area (Å²) in [7, 11) is 0. The lowest BCUT2D eigenvalue weighted by molar-refractivity contribution is -0.129. The zero-order valence-corrected chi connectivity index (χ0v) is 18.2. The van der Waals surface area contributed by atoms with Crippen LogP contribution in [0, 0.1) is 22.9 Å². The second-order valence-electron chi connectivity index (χ2n) is 8.32. The first-order valence-corrected chi connectivity index (χ1v) is 11.4. The molecule has 0 bridgehead atoms. The minimum absolute atomic E-state index is 0.00605. The molecular weight excluding hydrogens is 437 g/mol. The number of carbonyl (C=O) groups excluding carboxylic acids is 2. The normalized spacial score (nSPS) is 18.3. The highest BCUT2D eigenvalue weighted by molar-refractivity contribution is 7.08. The molecule has 1 spiro atoms. The van der Waals surface area contributed by atoms with Crippen LogP contribution >= 0.6 is 11.3 Å². The predicted octanol–water partition coefficient (Wildman–Crippen LogP) is 4.73. The van der Waals surface area contributed by atoms with Gasteiger partial charge in [0, 0.05) is 43.9 Å². The molecule has 2 aliphatic heterocycles. The summed E-state index contributed by atoms with van der Waals surface area (Å²) in [6, 6.07) is 3.89. The lowest BCUT2D eigenvalue weighted by Crippen LogP contribution is -2.44. The van der Waals surface area contributed by atoms with Crippen molar-refractivity contribution in [1.29, 1.82) is 0 Å². The zero-order valence-electron chi connectivity index (χ0n) is 17.4. The van der Waals surface area contributed by atoms with Gasteiger partial charge in [0.25, 0.3) is 0 Å². The molecule has 1 aromatic heterocycles. The number of halogens is 3. The molecule has 1 aromatic carbocycles. The standard InChI is InChI=1S/C24H23F3N2O2S/c25-19-4-2-18(22(26)23(19)27)3-6-21(31)29-13-10-24(16-29)8-11-28(12-9-24)20(30)5-1-17-7-14-32-15-17/h1-7,14-15H,8-13,16H2. The third-order valence-electron chi connectivity index (χ3n) is 6.32. The Labute approximate surface area is 188 Å². The molecule has 32 heavy (non-hydrogen) atoms. The molecular formula is C24H23F3N2O2S. The third kappa shape index (κ3) is 4.80. The summed E-state index contributed by atoms with van der Waals surface area (Å²) in [6.45, 7) is 2.44. The summed E-state index contributed by atoms with van der Waals surface area (Å²) in [5, 5.41) is 3.94. The molecule has 0 radical (unpaired) electrons. The van der Waals surface area contributed by atoms with Crippen molar-refractivity contribution in [1.82, 2.24) is 9.80 Å². The van der Waals surface area contributed by atoms with Crippen LogP contribution in [0.25, 0.3) is 12.2 Å². The Hall–Kier alpha value is -2.87. The first kappa shape index (κ1) is 22.3. The molecule has 2 aromatic rings. The van der Waals surface area contributed by atoms with E-state index in [2.05, 4.69) is 0 Å². The second kappa shape index (κ2) is 9.32. The monoisotopic (exact) mass is 460 g/mol. The molecule has 2 amide bonds. The largest absolute Gasteiger partial charge is 0.339 e. The van der Waals surface area contributed by atoms with E-state index < -0.39 is 17.5 Å². The van der Waals surface area contributed by atoms with Crippen LogP contribution in [0.15, 0.2) is 41.1 Å². The lowest BCUT2D eigenvalue weighted by Gasteiger charge is -2.38. The van der Waals surface area contributed by atoms with E-state index in [1.54, 1.807) is 22.3 Å². The summed E-state index contributed by atoms with van der Waals surface area (Å²) in [4.78, 5) is 28.5. The van der Waals surface area contributed by atoms with Crippen molar-refractivity contribution < 1.29 is 22.8 Å². The third-order valence-corrected chi connectivity index (χ3v) is 7.02. The molecule has 0 aliphatic carbocycles. The van der Waals surface area contributed by atoms with E-state index >= 15 is 0 Å². The number of nitrogens with zero attached hydrogens (tertiary/aromatic N) is 2. The quantitative estimate of drug-likeness (QED) is 0.489. The molecule has 168 valence electrons. The van der Waals surface area contributed by atoms with E-state index in [-0.39, 0.29) is 22.8 Å². The fraction of sp³-hybridized carbons (Fsp3) is 0.333. The first-order valence-electron chi connectivity index (χ1n) is 10.5. The number of piperidine rings is 1. The minimum Gasteiger partial charge on any atom is -0.339 e. The van der Waals surface area contributed by atoms with E-state index in [1.165, 1.54) is 12.2 Å². The average Bonchev–Trinajstić information content (AvgIpc) is 3.46. The summed E-state index contributed by atoms with van der Waals surface area (Å²) >= 11 is 1.58. The van der Waals surface area contributed by atoms with Gasteiger partial charge in [0.05, 0.1) is 0 Å². The van der Waals surface area contributed by atoms with Gasteiger partial charge in [0.2, 0.25) is 11.8 Å². The highest BCUT2D eigenvalue weighted by Crippen LogP contribution is 2.40. The number of hydrogen-bond acceptors (Lipinski definition) is 3. The van der Waals surface area contributed by atoms with Crippen molar-refractivity contribution in [2.24, 2.45) is 5.41 Å². The molecule has 2 fully saturated rings. The average molecular weight is 461 g/mol. The molecule has 2 aliphatic rings. The number of carbonyl (C=O) groups is 2. The van der Waals surface area contributed by atoms with Crippen LogP contribution in [0.4, 0.5) is 13.2 Å². The van der Waals surface area contributed by atoms with Crippen LogP contribution in [0.1, 0.15) is 30.4 Å². The molecule has 8 heteroatoms. The van der Waals surface area contributed by atoms with E-state index in [0.717, 1.165) is 37.0 Å². The maximum atomic E-state index is 13.8. The maximum Gasteiger partial charge on any atom is 0.246 e. The lowest BCUT2D eigenvalue weighted by atomic mass is 9.78. The number of likely N-dealkylation sites (tertiary alicyclic amines) is 2. The molecule has 0 N–H and O–H groups in total. The van der Waals surface area contributed by atoms with Crippen LogP contribution in [0.5, 0.6) is 0 Å². The Kier molecular flexibility index (Phi) is 6.50. The van der Waals surface area contributed by atoms with Gasteiger partial charge < -0.3 is 9.80 Å². The molecule has 0 saturated carbocycles. The van der Waals surface area contributed by atoms with E-state index in [1.807, 2.05) is 27.8 Å². The van der Waals surface area contributed by atoms with Crippen LogP contribution in [-0.2, 0) is 9.59 Å². The molecule has 3 heterocycles. The van der Waals surface area contributed by atoms with Crippen molar-refractivity contribution in [2.75, 3.05) is 26.2 Å². The molecule has 0 atom stereocenters. The Bertz CT molecular complexity index is 1060. The zero-order chi connectivity index (χ0) is 22.7. The van der Waals surface area contributed by atoms with Crippen LogP contribution in [-0.4, -0.2) is 47.8 Å². The van der Waals surface area contributed by atoms with Gasteiger partial charge in [-0.1, -0.05) is 0 Å². The van der Waals surface area contributed by atoms with E-state index in [4.69, 9.17) is 0 Å². The number of thiophene rings is 1. The van der Waals surface area contributed by atoms with Crippen molar-refractivity contribution in [3.8, 4) is 0 Å². The smallest absolute Gasteiger partial charge is 0.246 e. The first-order chi connectivity index (χ1) is 15.4. The van der Waals surface area contributed by atoms with Crippen molar-refractivity contribution in [3.63, 3.8) is 0 Å². The maximum absolute atomic E-state index is 13.8.